The summed E-state index contributed by atoms with van der Waals surface area (Å²) >= 11 is 12.1. The van der Waals surface area contributed by atoms with E-state index in [1.165, 1.54) is 0 Å². The second kappa shape index (κ2) is 5.34. The molecule has 0 radical (unpaired) electrons. The van der Waals surface area contributed by atoms with Gasteiger partial charge in [0.25, 0.3) is -0.869 Å². The molecule has 0 saturated carbocycles. The van der Waals surface area contributed by atoms with Crippen LogP contribution in [0, 0.1) is 0 Å². The molecule has 0 rings (SSSR count). The van der Waals surface area contributed by atoms with Crippen molar-refractivity contribution in [1.29, 1.82) is 0 Å². The third kappa shape index (κ3) is 25.7. The van der Waals surface area contributed by atoms with Gasteiger partial charge in [0.1, 0.15) is 0 Å². The maximum Gasteiger partial charge on any atom is 1.00 e. The monoisotopic (exact) mass is 450 g/mol. The van der Waals surface area contributed by atoms with Crippen molar-refractivity contribution >= 4 is 77.7 Å². The van der Waals surface area contributed by atoms with E-state index >= 15 is 0 Å². The minimum atomic E-state index is -0.618. The van der Waals surface area contributed by atoms with Crippen LogP contribution in [0.3, 0.4) is 0 Å². The van der Waals surface area contributed by atoms with Crippen molar-refractivity contribution in [3.8, 4) is 0 Å². The molecule has 0 bridgehead atoms. The van der Waals surface area contributed by atoms with Gasteiger partial charge in [-0.15, -0.1) is 0 Å². The van der Waals surface area contributed by atoms with Gasteiger partial charge < -0.3 is 78.6 Å². The van der Waals surface area contributed by atoms with Gasteiger partial charge >= 0.3 is 29.6 Å². The van der Waals surface area contributed by atoms with Gasteiger partial charge in [-0.1, -0.05) is 0 Å². The summed E-state index contributed by atoms with van der Waals surface area (Å²) in [5.74, 6) is 0. The minimum absolute atomic E-state index is 0. The van der Waals surface area contributed by atoms with E-state index in [0.29, 0.717) is 0 Å². The molecule has 0 aliphatic rings. The third-order valence-corrected chi connectivity index (χ3v) is 0. The maximum absolute atomic E-state index is 5.55. The molecule has 0 heterocycles. The molecule has 0 aromatic heterocycles. The van der Waals surface area contributed by atoms with Crippen LogP contribution in [0.25, 0.3) is 0 Å². The van der Waals surface area contributed by atoms with Gasteiger partial charge in [-0.2, -0.15) is 0 Å². The Morgan fingerprint density at radius 2 is 1.17 bits per heavy atom. The predicted molar refractivity (Wildman–Crippen MR) is 53.7 cm³/mol. The first-order valence-electron chi connectivity index (χ1n) is 0.873. The SMILES string of the molecule is Cl[B-](I)(I)I.[Na+]. The van der Waals surface area contributed by atoms with Crippen LogP contribution in [0.15, 0.2) is 0 Å². The molecule has 0 atom stereocenters. The molecule has 0 unspecified atom stereocenters. The summed E-state index contributed by atoms with van der Waals surface area (Å²) in [4.78, 5) is 0. The van der Waals surface area contributed by atoms with Crippen LogP contribution in [-0.2, 0) is 0 Å². The molecule has 0 nitrogen and oxygen atoms in total. The number of rotatable bonds is 0. The van der Waals surface area contributed by atoms with E-state index in [-0.39, 0.29) is 29.6 Å². The van der Waals surface area contributed by atoms with E-state index in [1.54, 1.807) is 0 Å². The molecule has 0 aliphatic carbocycles. The molecule has 0 aliphatic heterocycles. The van der Waals surface area contributed by atoms with E-state index in [2.05, 4.69) is 67.1 Å². The molecule has 32 valence electrons. The van der Waals surface area contributed by atoms with Gasteiger partial charge in [-0.3, -0.25) is 0 Å². The summed E-state index contributed by atoms with van der Waals surface area (Å²) in [5.41, 5.74) is 0. The summed E-state index contributed by atoms with van der Waals surface area (Å²) in [6, 6.07) is 0. The first kappa shape index (κ1) is 12.2. The normalized spacial score (nSPS) is 10.0. The summed E-state index contributed by atoms with van der Waals surface area (Å²) in [5, 5.41) is 0. The Bertz CT molecular complexity index is 26.3. The average molecular weight is 450 g/mol. The Kier molecular flexibility index (Phi) is 10.9. The Morgan fingerprint density at radius 3 is 1.17 bits per heavy atom. The molecule has 0 fully saturated rings. The Balaban J connectivity index is 0. The Hall–Kier alpha value is 3.54. The van der Waals surface area contributed by atoms with Gasteiger partial charge in [0.15, 0.2) is 0 Å². The van der Waals surface area contributed by atoms with Crippen molar-refractivity contribution in [3.05, 3.63) is 0 Å². The van der Waals surface area contributed by atoms with Gasteiger partial charge in [-0.25, -0.2) is 0 Å². The first-order chi connectivity index (χ1) is 2.00. The molecule has 0 spiro atoms. The van der Waals surface area contributed by atoms with Crippen LogP contribution in [0.5, 0.6) is 0 Å². The zero-order valence-electron chi connectivity index (χ0n) is 3.09. The van der Waals surface area contributed by atoms with Crippen molar-refractivity contribution in [2.24, 2.45) is 0 Å². The predicted octanol–water partition coefficient (Wildman–Crippen LogP) is -0.0302. The zero-order chi connectivity index (χ0) is 4.50. The van der Waals surface area contributed by atoms with Gasteiger partial charge in [0, 0.05) is 0 Å². The summed E-state index contributed by atoms with van der Waals surface area (Å²) in [6.45, 7) is 0. The van der Waals surface area contributed by atoms with Crippen LogP contribution in [-0.4, -0.2) is -0.869 Å². The van der Waals surface area contributed by atoms with Crippen molar-refractivity contribution in [2.45, 2.75) is 0 Å². The standard InChI is InChI=1S/BClI3.Na/c2-1(3,4)5;/q-1;+1. The number of hydrogen-bond donors (Lipinski definition) is 0. The summed E-state index contributed by atoms with van der Waals surface area (Å²) < 4.78 is -0.618. The fourth-order valence-electron chi connectivity index (χ4n) is 0. The van der Waals surface area contributed by atoms with E-state index in [0.717, 1.165) is 0 Å². The molecular weight excluding hydrogens is 450 g/mol. The Labute approximate surface area is 105 Å². The zero-order valence-corrected chi connectivity index (χ0v) is 12.3. The molecule has 0 aromatic rings. The van der Waals surface area contributed by atoms with Crippen LogP contribution >= 0.6 is 78.6 Å². The molecule has 0 amide bonds. The number of halogens is 4. The summed E-state index contributed by atoms with van der Waals surface area (Å²) in [6.07, 6.45) is 0. The largest absolute Gasteiger partial charge is 1.00 e. The molecule has 0 aromatic carbocycles. The fraction of sp³-hybridized carbons (Fsp3) is 0. The third-order valence-electron chi connectivity index (χ3n) is 0. The topological polar surface area (TPSA) is 0 Å². The minimum Gasteiger partial charge on any atom is -0.348 e. The van der Waals surface area contributed by atoms with Crippen LogP contribution < -0.4 is 29.6 Å². The van der Waals surface area contributed by atoms with Crippen molar-refractivity contribution in [2.75, 3.05) is 0 Å². The fourth-order valence-corrected chi connectivity index (χ4v) is 0. The van der Waals surface area contributed by atoms with Crippen molar-refractivity contribution in [1.82, 2.24) is 0 Å². The van der Waals surface area contributed by atoms with E-state index in [9.17, 15) is 0 Å². The van der Waals surface area contributed by atoms with Gasteiger partial charge in [-0.05, 0) is 0 Å². The van der Waals surface area contributed by atoms with Crippen LogP contribution in [0.1, 0.15) is 0 Å². The molecule has 6 heteroatoms. The maximum atomic E-state index is 5.55. The van der Waals surface area contributed by atoms with Crippen molar-refractivity contribution in [3.63, 3.8) is 0 Å². The second-order valence-electron chi connectivity index (χ2n) is 0.495. The Morgan fingerprint density at radius 1 is 1.17 bits per heavy atom. The van der Waals surface area contributed by atoms with Gasteiger partial charge in [0.05, 0.1) is 0 Å². The summed E-state index contributed by atoms with van der Waals surface area (Å²) in [7, 11) is 0. The quantitative estimate of drug-likeness (QED) is 0.360. The van der Waals surface area contributed by atoms with E-state index in [4.69, 9.17) is 11.5 Å². The molecule has 0 N–H and O–H groups in total. The van der Waals surface area contributed by atoms with Crippen LogP contribution in [0.2, 0.25) is 0 Å². The number of hydrogen-bond acceptors (Lipinski definition) is 0. The molecule has 6 heavy (non-hydrogen) atoms. The molecular formula is BClI3Na. The van der Waals surface area contributed by atoms with Gasteiger partial charge in [0.2, 0.25) is 0 Å². The van der Waals surface area contributed by atoms with Crippen molar-refractivity contribution < 1.29 is 29.6 Å². The second-order valence-corrected chi connectivity index (χ2v) is 16.1. The van der Waals surface area contributed by atoms with E-state index < -0.39 is -0.869 Å². The molecule has 0 saturated heterocycles. The van der Waals surface area contributed by atoms with E-state index in [1.807, 2.05) is 0 Å². The van der Waals surface area contributed by atoms with Crippen LogP contribution in [0.4, 0.5) is 0 Å². The smallest absolute Gasteiger partial charge is 0.348 e. The average Bonchev–Trinajstić information content (AvgIpc) is 0.722. The first-order valence-corrected chi connectivity index (χ1v) is 5.05.